The third-order valence-electron chi connectivity index (χ3n) is 3.03. The highest BCUT2D eigenvalue weighted by Gasteiger charge is 2.17. The maximum atomic E-state index is 11.5. The highest BCUT2D eigenvalue weighted by atomic mass is 16.5. The Bertz CT molecular complexity index is 259. The number of ether oxygens (including phenoxy) is 1. The summed E-state index contributed by atoms with van der Waals surface area (Å²) >= 11 is 0. The molecule has 0 aromatic rings. The first kappa shape index (κ1) is 14.0. The van der Waals surface area contributed by atoms with Gasteiger partial charge in [0.05, 0.1) is 0 Å². The van der Waals surface area contributed by atoms with Crippen LogP contribution in [0.5, 0.6) is 0 Å². The van der Waals surface area contributed by atoms with Crippen LogP contribution in [0.15, 0.2) is 0 Å². The highest BCUT2D eigenvalue weighted by molar-refractivity contribution is 5.78. The molecule has 0 aromatic carbocycles. The molecular weight excluding hydrogens is 222 g/mol. The molecule has 0 heterocycles. The molecule has 5 heteroatoms. The molecule has 0 spiro atoms. The first-order valence-electron chi connectivity index (χ1n) is 6.23. The van der Waals surface area contributed by atoms with Crippen molar-refractivity contribution in [1.29, 1.82) is 0 Å². The van der Waals surface area contributed by atoms with E-state index in [1.807, 2.05) is 0 Å². The van der Waals surface area contributed by atoms with Crippen LogP contribution in [0.25, 0.3) is 0 Å². The Morgan fingerprint density at radius 1 is 1.29 bits per heavy atom. The van der Waals surface area contributed by atoms with E-state index in [1.165, 1.54) is 19.8 Å². The van der Waals surface area contributed by atoms with Crippen molar-refractivity contribution >= 4 is 11.9 Å². The van der Waals surface area contributed by atoms with Crippen LogP contribution in [-0.2, 0) is 14.3 Å². The van der Waals surface area contributed by atoms with Gasteiger partial charge >= 0.3 is 5.97 Å². The molecule has 17 heavy (non-hydrogen) atoms. The smallest absolute Gasteiger partial charge is 0.332 e. The predicted octanol–water partition coefficient (Wildman–Crippen LogP) is 1.32. The molecule has 98 valence electrons. The van der Waals surface area contributed by atoms with Crippen LogP contribution in [-0.4, -0.2) is 35.7 Å². The van der Waals surface area contributed by atoms with E-state index < -0.39 is 12.1 Å². The summed E-state index contributed by atoms with van der Waals surface area (Å²) in [6.07, 6.45) is 5.86. The van der Waals surface area contributed by atoms with Crippen LogP contribution in [0.4, 0.5) is 0 Å². The van der Waals surface area contributed by atoms with Crippen LogP contribution >= 0.6 is 0 Å². The van der Waals surface area contributed by atoms with Crippen LogP contribution in [0.1, 0.15) is 45.4 Å². The van der Waals surface area contributed by atoms with Gasteiger partial charge in [-0.1, -0.05) is 25.7 Å². The van der Waals surface area contributed by atoms with Crippen molar-refractivity contribution in [2.24, 2.45) is 0 Å². The lowest BCUT2D eigenvalue weighted by Crippen LogP contribution is -2.38. The Balaban J connectivity index is 2.21. The number of aliphatic carboxylic acids is 1. The van der Waals surface area contributed by atoms with Crippen molar-refractivity contribution in [2.75, 3.05) is 6.61 Å². The van der Waals surface area contributed by atoms with Crippen molar-refractivity contribution in [2.45, 2.75) is 57.6 Å². The Labute approximate surface area is 102 Å². The number of nitrogens with one attached hydrogen (secondary N) is 1. The number of hydrogen-bond donors (Lipinski definition) is 2. The SMILES string of the molecule is CC(OCC(=O)NC1CCCCCC1)C(=O)O. The first-order valence-corrected chi connectivity index (χ1v) is 6.23. The summed E-state index contributed by atoms with van der Waals surface area (Å²) in [6.45, 7) is 1.24. The Morgan fingerprint density at radius 2 is 1.88 bits per heavy atom. The molecule has 1 amide bonds. The fraction of sp³-hybridized carbons (Fsp3) is 0.833. The van der Waals surface area contributed by atoms with E-state index in [9.17, 15) is 9.59 Å². The third-order valence-corrected chi connectivity index (χ3v) is 3.03. The summed E-state index contributed by atoms with van der Waals surface area (Å²) in [6, 6.07) is 0.230. The molecule has 1 unspecified atom stereocenters. The summed E-state index contributed by atoms with van der Waals surface area (Å²) in [5, 5.41) is 11.5. The van der Waals surface area contributed by atoms with Gasteiger partial charge in [-0.25, -0.2) is 4.79 Å². The van der Waals surface area contributed by atoms with E-state index in [2.05, 4.69) is 5.32 Å². The van der Waals surface area contributed by atoms with Gasteiger partial charge in [-0.2, -0.15) is 0 Å². The highest BCUT2D eigenvalue weighted by Crippen LogP contribution is 2.16. The maximum Gasteiger partial charge on any atom is 0.332 e. The van der Waals surface area contributed by atoms with Crippen molar-refractivity contribution < 1.29 is 19.4 Å². The van der Waals surface area contributed by atoms with Gasteiger partial charge in [0.15, 0.2) is 6.10 Å². The minimum atomic E-state index is -1.05. The number of amides is 1. The molecule has 1 aliphatic carbocycles. The largest absolute Gasteiger partial charge is 0.479 e. The second-order valence-electron chi connectivity index (χ2n) is 4.55. The molecule has 0 radical (unpaired) electrons. The topological polar surface area (TPSA) is 75.6 Å². The first-order chi connectivity index (χ1) is 8.09. The summed E-state index contributed by atoms with van der Waals surface area (Å²) in [5.74, 6) is -1.27. The minimum absolute atomic E-state index is 0.177. The molecule has 2 N–H and O–H groups in total. The second-order valence-corrected chi connectivity index (χ2v) is 4.55. The fourth-order valence-corrected chi connectivity index (χ4v) is 1.97. The zero-order chi connectivity index (χ0) is 12.7. The monoisotopic (exact) mass is 243 g/mol. The standard InChI is InChI=1S/C12H21NO4/c1-9(12(15)16)17-8-11(14)13-10-6-4-2-3-5-7-10/h9-10H,2-8H2,1H3,(H,13,14)(H,15,16). The average Bonchev–Trinajstić information content (AvgIpc) is 2.54. The Morgan fingerprint density at radius 3 is 2.41 bits per heavy atom. The van der Waals surface area contributed by atoms with E-state index in [-0.39, 0.29) is 18.6 Å². The van der Waals surface area contributed by atoms with Crippen molar-refractivity contribution in [3.8, 4) is 0 Å². The van der Waals surface area contributed by atoms with E-state index in [0.717, 1.165) is 25.7 Å². The number of carbonyl (C=O) groups is 2. The van der Waals surface area contributed by atoms with Gasteiger partial charge in [-0.3, -0.25) is 4.79 Å². The summed E-state index contributed by atoms with van der Waals surface area (Å²) in [5.41, 5.74) is 0. The van der Waals surface area contributed by atoms with Crippen LogP contribution in [0.2, 0.25) is 0 Å². The molecule has 0 bridgehead atoms. The summed E-state index contributed by atoms with van der Waals surface area (Å²) in [7, 11) is 0. The van der Waals surface area contributed by atoms with Gasteiger partial charge in [0.25, 0.3) is 0 Å². The molecule has 0 aliphatic heterocycles. The zero-order valence-corrected chi connectivity index (χ0v) is 10.3. The van der Waals surface area contributed by atoms with E-state index in [0.29, 0.717) is 0 Å². The molecular formula is C12H21NO4. The third kappa shape index (κ3) is 5.68. The number of carboxylic acids is 1. The molecule has 0 saturated heterocycles. The summed E-state index contributed by atoms with van der Waals surface area (Å²) in [4.78, 5) is 22.0. The van der Waals surface area contributed by atoms with Crippen molar-refractivity contribution in [3.05, 3.63) is 0 Å². The second kappa shape index (κ2) is 7.27. The normalized spacial score (nSPS) is 19.4. The number of carbonyl (C=O) groups excluding carboxylic acids is 1. The molecule has 5 nitrogen and oxygen atoms in total. The number of carboxylic acid groups (broad SMARTS) is 1. The average molecular weight is 243 g/mol. The minimum Gasteiger partial charge on any atom is -0.479 e. The molecule has 1 saturated carbocycles. The Kier molecular flexibility index (Phi) is 5.97. The Hall–Kier alpha value is -1.10. The quantitative estimate of drug-likeness (QED) is 0.714. The van der Waals surface area contributed by atoms with Crippen molar-refractivity contribution in [1.82, 2.24) is 5.32 Å². The van der Waals surface area contributed by atoms with Gasteiger partial charge < -0.3 is 15.2 Å². The lowest BCUT2D eigenvalue weighted by Gasteiger charge is -2.16. The lowest BCUT2D eigenvalue weighted by molar-refractivity contribution is -0.150. The van der Waals surface area contributed by atoms with Crippen LogP contribution < -0.4 is 5.32 Å². The molecule has 0 aromatic heterocycles. The number of hydrogen-bond acceptors (Lipinski definition) is 3. The van der Waals surface area contributed by atoms with Crippen LogP contribution in [0.3, 0.4) is 0 Å². The van der Waals surface area contributed by atoms with Crippen molar-refractivity contribution in [3.63, 3.8) is 0 Å². The molecule has 1 fully saturated rings. The molecule has 1 aliphatic rings. The molecule has 1 atom stereocenters. The van der Waals surface area contributed by atoms with E-state index in [4.69, 9.17) is 9.84 Å². The number of rotatable bonds is 5. The van der Waals surface area contributed by atoms with Gasteiger partial charge in [-0.15, -0.1) is 0 Å². The van der Waals surface area contributed by atoms with Gasteiger partial charge in [-0.05, 0) is 19.8 Å². The lowest BCUT2D eigenvalue weighted by atomic mass is 10.1. The zero-order valence-electron chi connectivity index (χ0n) is 10.3. The fourth-order valence-electron chi connectivity index (χ4n) is 1.97. The maximum absolute atomic E-state index is 11.5. The van der Waals surface area contributed by atoms with E-state index >= 15 is 0 Å². The van der Waals surface area contributed by atoms with Gasteiger partial charge in [0, 0.05) is 6.04 Å². The van der Waals surface area contributed by atoms with Gasteiger partial charge in [0.2, 0.25) is 5.91 Å². The molecule has 1 rings (SSSR count). The summed E-state index contributed by atoms with van der Waals surface area (Å²) < 4.78 is 4.93. The predicted molar refractivity (Wildman–Crippen MR) is 62.7 cm³/mol. The van der Waals surface area contributed by atoms with E-state index in [1.54, 1.807) is 0 Å². The van der Waals surface area contributed by atoms with Crippen LogP contribution in [0, 0.1) is 0 Å². The van der Waals surface area contributed by atoms with Gasteiger partial charge in [0.1, 0.15) is 6.61 Å².